The van der Waals surface area contributed by atoms with Gasteiger partial charge >= 0.3 is 0 Å². The van der Waals surface area contributed by atoms with Gasteiger partial charge in [-0.1, -0.05) is 0 Å². The van der Waals surface area contributed by atoms with Crippen molar-refractivity contribution in [3.63, 3.8) is 0 Å². The molecule has 1 atom stereocenters. The molecule has 3 aromatic rings. The van der Waals surface area contributed by atoms with Crippen molar-refractivity contribution in [1.82, 2.24) is 19.6 Å². The summed E-state index contributed by atoms with van der Waals surface area (Å²) >= 11 is 0. The van der Waals surface area contributed by atoms with Crippen LogP contribution in [0, 0.1) is 6.92 Å². The van der Waals surface area contributed by atoms with E-state index in [1.54, 1.807) is 21.3 Å². The molecule has 0 spiro atoms. The number of quaternary nitrogens is 1. The third-order valence-corrected chi connectivity index (χ3v) is 5.40. The number of nitrogens with one attached hydrogen (secondary N) is 2. The van der Waals surface area contributed by atoms with Crippen molar-refractivity contribution in [3.05, 3.63) is 53.4 Å². The topological polar surface area (TPSA) is 87.2 Å². The standard InChI is InChI=1S/C21H22N6O3/c1-12-22-16-9-14-8-15(10-17(28-2)19(14)29-3)23-21-18(16)27(12)25-20(24-21)13-6-5-7-26(11-13)30-4/h5-8,10H,9,11H2,1-4H3,(H,23,24,25)/p+1. The van der Waals surface area contributed by atoms with Gasteiger partial charge in [-0.3, -0.25) is 0 Å². The molecule has 1 unspecified atom stereocenters. The van der Waals surface area contributed by atoms with E-state index in [2.05, 4.69) is 5.32 Å². The predicted octanol–water partition coefficient (Wildman–Crippen LogP) is 1.45. The number of aromatic nitrogens is 4. The van der Waals surface area contributed by atoms with Crippen LogP contribution in [0.4, 0.5) is 11.5 Å². The number of benzene rings is 1. The van der Waals surface area contributed by atoms with Crippen molar-refractivity contribution < 1.29 is 19.4 Å². The van der Waals surface area contributed by atoms with Crippen LogP contribution in [0.3, 0.4) is 0 Å². The van der Waals surface area contributed by atoms with Gasteiger partial charge in [-0.25, -0.2) is 19.3 Å². The molecule has 30 heavy (non-hydrogen) atoms. The van der Waals surface area contributed by atoms with Gasteiger partial charge in [0.15, 0.2) is 23.1 Å². The minimum atomic E-state index is 0.592. The fourth-order valence-corrected chi connectivity index (χ4v) is 4.00. The molecule has 0 saturated carbocycles. The van der Waals surface area contributed by atoms with Crippen LogP contribution in [-0.4, -0.2) is 47.5 Å². The van der Waals surface area contributed by atoms with Crippen LogP contribution in [0.5, 0.6) is 11.5 Å². The first-order valence-electron chi connectivity index (χ1n) is 9.67. The molecule has 154 valence electrons. The van der Waals surface area contributed by atoms with Crippen molar-refractivity contribution in [3.8, 4) is 11.5 Å². The van der Waals surface area contributed by atoms with Crippen LogP contribution in [0.2, 0.25) is 0 Å². The zero-order valence-electron chi connectivity index (χ0n) is 17.3. The Morgan fingerprint density at radius 2 is 2.00 bits per heavy atom. The number of hydrogen-bond acceptors (Lipinski definition) is 7. The lowest BCUT2D eigenvalue weighted by molar-refractivity contribution is -1.04. The summed E-state index contributed by atoms with van der Waals surface area (Å²) in [6, 6.07) is 3.96. The van der Waals surface area contributed by atoms with E-state index in [0.29, 0.717) is 36.1 Å². The number of methoxy groups -OCH3 is 2. The molecule has 0 fully saturated rings. The number of aryl methyl sites for hydroxylation is 1. The van der Waals surface area contributed by atoms with Crippen LogP contribution in [0.15, 0.2) is 30.5 Å². The number of ether oxygens (including phenoxy) is 2. The average molecular weight is 407 g/mol. The molecule has 1 aromatic carbocycles. The van der Waals surface area contributed by atoms with E-state index in [4.69, 9.17) is 29.4 Å². The lowest BCUT2D eigenvalue weighted by Crippen LogP contribution is -3.06. The summed E-state index contributed by atoms with van der Waals surface area (Å²) in [7, 11) is 4.96. The molecule has 2 aliphatic rings. The summed E-state index contributed by atoms with van der Waals surface area (Å²) in [4.78, 5) is 15.1. The van der Waals surface area contributed by atoms with Crippen molar-refractivity contribution in [2.45, 2.75) is 13.3 Å². The van der Waals surface area contributed by atoms with E-state index in [9.17, 15) is 0 Å². The summed E-state index contributed by atoms with van der Waals surface area (Å²) in [5.74, 6) is 3.53. The Hall–Kier alpha value is -3.43. The van der Waals surface area contributed by atoms with Crippen molar-refractivity contribution in [2.75, 3.05) is 33.2 Å². The van der Waals surface area contributed by atoms with Crippen LogP contribution in [0.1, 0.15) is 22.9 Å². The molecular formula is C21H23N6O3+. The number of nitrogens with zero attached hydrogens (tertiary/aromatic N) is 4. The number of hydroxylamine groups is 2. The first-order chi connectivity index (χ1) is 14.6. The lowest BCUT2D eigenvalue weighted by atomic mass is 10.0. The second-order valence-electron chi connectivity index (χ2n) is 7.22. The van der Waals surface area contributed by atoms with Crippen molar-refractivity contribution >= 4 is 22.6 Å². The number of anilines is 2. The SMILES string of the molecule is COc1cc2cc(c1OC)Cc1nc(C)n3nc(C4=CC=C[NH+](OC)C4)nc(c13)N2. The molecule has 0 amide bonds. The van der Waals surface area contributed by atoms with Crippen molar-refractivity contribution in [1.29, 1.82) is 0 Å². The molecule has 2 aliphatic heterocycles. The monoisotopic (exact) mass is 407 g/mol. The van der Waals surface area contributed by atoms with Gasteiger partial charge in [0.1, 0.15) is 24.1 Å². The number of fused-ring (bicyclic) bond motifs is 2. The maximum atomic E-state index is 5.61. The highest BCUT2D eigenvalue weighted by Gasteiger charge is 2.25. The van der Waals surface area contributed by atoms with Gasteiger partial charge in [0.05, 0.1) is 32.6 Å². The van der Waals surface area contributed by atoms with Crippen LogP contribution in [0.25, 0.3) is 11.1 Å². The molecule has 2 aromatic heterocycles. The molecule has 2 N–H and O–H groups in total. The minimum absolute atomic E-state index is 0.592. The van der Waals surface area contributed by atoms with Gasteiger partial charge in [-0.05, 0) is 25.1 Å². The molecule has 2 bridgehead atoms. The molecule has 9 nitrogen and oxygen atoms in total. The fourth-order valence-electron chi connectivity index (χ4n) is 4.00. The molecule has 0 saturated heterocycles. The first kappa shape index (κ1) is 18.6. The quantitative estimate of drug-likeness (QED) is 0.530. The first-order valence-corrected chi connectivity index (χ1v) is 9.67. The van der Waals surface area contributed by atoms with Gasteiger partial charge < -0.3 is 14.8 Å². The van der Waals surface area contributed by atoms with Crippen LogP contribution < -0.4 is 19.9 Å². The number of imidazole rings is 1. The number of allylic oxidation sites excluding steroid dienone is 2. The normalized spacial score (nSPS) is 17.2. The fraction of sp³-hybridized carbons (Fsp3) is 0.286. The van der Waals surface area contributed by atoms with Crippen LogP contribution >= 0.6 is 0 Å². The Kier molecular flexibility index (Phi) is 4.41. The summed E-state index contributed by atoms with van der Waals surface area (Å²) in [6.45, 7) is 2.59. The molecule has 9 heteroatoms. The van der Waals surface area contributed by atoms with E-state index in [1.807, 2.05) is 41.9 Å². The maximum absolute atomic E-state index is 5.61. The zero-order chi connectivity index (χ0) is 20.8. The van der Waals surface area contributed by atoms with E-state index in [0.717, 1.165) is 38.9 Å². The summed E-state index contributed by atoms with van der Waals surface area (Å²) in [6.07, 6.45) is 6.51. The van der Waals surface area contributed by atoms with Crippen molar-refractivity contribution in [2.24, 2.45) is 0 Å². The van der Waals surface area contributed by atoms with E-state index >= 15 is 0 Å². The second-order valence-corrected chi connectivity index (χ2v) is 7.22. The highest BCUT2D eigenvalue weighted by molar-refractivity contribution is 5.80. The third kappa shape index (κ3) is 2.90. The number of hydrogen-bond donors (Lipinski definition) is 2. The Balaban J connectivity index is 1.68. The Labute approximate surface area is 173 Å². The zero-order valence-corrected chi connectivity index (χ0v) is 17.3. The van der Waals surface area contributed by atoms with E-state index in [-0.39, 0.29) is 0 Å². The van der Waals surface area contributed by atoms with Gasteiger partial charge in [0, 0.05) is 23.7 Å². The Morgan fingerprint density at radius 1 is 1.13 bits per heavy atom. The molecule has 0 radical (unpaired) electrons. The minimum Gasteiger partial charge on any atom is -0.493 e. The highest BCUT2D eigenvalue weighted by Crippen LogP contribution is 2.39. The smallest absolute Gasteiger partial charge is 0.183 e. The third-order valence-electron chi connectivity index (χ3n) is 5.40. The second kappa shape index (κ2) is 7.12. The predicted molar refractivity (Wildman–Crippen MR) is 111 cm³/mol. The average Bonchev–Trinajstić information content (AvgIpc) is 3.07. The molecular weight excluding hydrogens is 384 g/mol. The Morgan fingerprint density at radius 3 is 2.77 bits per heavy atom. The Bertz CT molecular complexity index is 1210. The lowest BCUT2D eigenvalue weighted by Gasteiger charge is -2.19. The van der Waals surface area contributed by atoms with Gasteiger partial charge in [-0.2, -0.15) is 5.06 Å². The van der Waals surface area contributed by atoms with E-state index < -0.39 is 0 Å². The van der Waals surface area contributed by atoms with Gasteiger partial charge in [0.2, 0.25) is 0 Å². The number of rotatable bonds is 4. The van der Waals surface area contributed by atoms with Gasteiger partial charge in [0.25, 0.3) is 0 Å². The molecule has 4 heterocycles. The highest BCUT2D eigenvalue weighted by atomic mass is 16.7. The summed E-state index contributed by atoms with van der Waals surface area (Å²) in [5, 5.41) is 9.11. The maximum Gasteiger partial charge on any atom is 0.183 e. The molecule has 5 rings (SSSR count). The van der Waals surface area contributed by atoms with E-state index in [1.165, 1.54) is 0 Å². The summed E-state index contributed by atoms with van der Waals surface area (Å²) < 4.78 is 13.0. The van der Waals surface area contributed by atoms with Crippen LogP contribution in [-0.2, 0) is 11.3 Å². The largest absolute Gasteiger partial charge is 0.493 e. The summed E-state index contributed by atoms with van der Waals surface area (Å²) in [5.41, 5.74) is 4.61. The van der Waals surface area contributed by atoms with Gasteiger partial charge in [-0.15, -0.1) is 5.10 Å². The molecule has 0 aliphatic carbocycles.